The Kier molecular flexibility index (Phi) is 10.9. The van der Waals surface area contributed by atoms with Crippen LogP contribution >= 0.6 is 24.0 Å². The van der Waals surface area contributed by atoms with Crippen LogP contribution in [-0.2, 0) is 11.3 Å². The summed E-state index contributed by atoms with van der Waals surface area (Å²) in [5.41, 5.74) is 1.20. The Morgan fingerprint density at radius 1 is 1.36 bits per heavy atom. The maximum atomic E-state index is 5.76. The Hall–Kier alpha value is -1.02. The maximum Gasteiger partial charge on any atom is 0.193 e. The van der Waals surface area contributed by atoms with Gasteiger partial charge in [-0.1, -0.05) is 19.1 Å². The van der Waals surface area contributed by atoms with E-state index in [1.807, 2.05) is 19.2 Å². The summed E-state index contributed by atoms with van der Waals surface area (Å²) in [6, 6.07) is 8.23. The molecule has 0 bridgehead atoms. The highest BCUT2D eigenvalue weighted by molar-refractivity contribution is 14.0. The molecule has 1 saturated heterocycles. The fourth-order valence-electron chi connectivity index (χ4n) is 3.03. The van der Waals surface area contributed by atoms with Crippen LogP contribution in [0.15, 0.2) is 29.3 Å². The molecule has 1 atom stereocenters. The number of ether oxygens (including phenoxy) is 2. The van der Waals surface area contributed by atoms with Gasteiger partial charge in [0.1, 0.15) is 5.75 Å². The van der Waals surface area contributed by atoms with Crippen LogP contribution in [0.2, 0.25) is 0 Å². The normalized spacial score (nSPS) is 17.8. The van der Waals surface area contributed by atoms with Gasteiger partial charge < -0.3 is 19.7 Å². The van der Waals surface area contributed by atoms with Crippen LogP contribution in [0.3, 0.4) is 0 Å². The number of benzene rings is 1. The molecule has 25 heavy (non-hydrogen) atoms. The van der Waals surface area contributed by atoms with Gasteiger partial charge in [0.25, 0.3) is 0 Å². The zero-order chi connectivity index (χ0) is 17.2. The number of nitrogens with one attached hydrogen (secondary N) is 1. The van der Waals surface area contributed by atoms with Gasteiger partial charge in [-0.25, -0.2) is 0 Å². The quantitative estimate of drug-likeness (QED) is 0.292. The van der Waals surface area contributed by atoms with E-state index in [0.717, 1.165) is 50.3 Å². The van der Waals surface area contributed by atoms with Crippen molar-refractivity contribution in [3.63, 3.8) is 0 Å². The molecule has 0 saturated carbocycles. The molecule has 0 spiro atoms. The zero-order valence-corrected chi connectivity index (χ0v) is 18.0. The molecule has 2 rings (SSSR count). The first kappa shape index (κ1) is 22.0. The number of halogens is 1. The second-order valence-corrected chi connectivity index (χ2v) is 6.44. The zero-order valence-electron chi connectivity index (χ0n) is 15.7. The Morgan fingerprint density at radius 3 is 2.92 bits per heavy atom. The Bertz CT molecular complexity index is 525. The average Bonchev–Trinajstić information content (AvgIpc) is 2.60. The average molecular weight is 461 g/mol. The second-order valence-electron chi connectivity index (χ2n) is 6.44. The highest BCUT2D eigenvalue weighted by atomic mass is 127. The first-order valence-corrected chi connectivity index (χ1v) is 8.89. The molecule has 1 aliphatic heterocycles. The fraction of sp³-hybridized carbons (Fsp3) is 0.632. The molecule has 0 amide bonds. The van der Waals surface area contributed by atoms with E-state index in [1.165, 1.54) is 18.4 Å². The summed E-state index contributed by atoms with van der Waals surface area (Å²) >= 11 is 0. The smallest absolute Gasteiger partial charge is 0.193 e. The van der Waals surface area contributed by atoms with E-state index in [1.54, 1.807) is 7.11 Å². The van der Waals surface area contributed by atoms with Gasteiger partial charge in [0.15, 0.2) is 5.96 Å². The molecule has 6 heteroatoms. The van der Waals surface area contributed by atoms with Crippen molar-refractivity contribution in [3.8, 4) is 5.75 Å². The molecule has 1 fully saturated rings. The van der Waals surface area contributed by atoms with Crippen molar-refractivity contribution in [2.45, 2.75) is 32.7 Å². The van der Waals surface area contributed by atoms with Crippen molar-refractivity contribution < 1.29 is 9.47 Å². The lowest BCUT2D eigenvalue weighted by Gasteiger charge is -2.33. The molecule has 1 heterocycles. The summed E-state index contributed by atoms with van der Waals surface area (Å²) in [5, 5.41) is 3.48. The largest absolute Gasteiger partial charge is 0.493 e. The Morgan fingerprint density at radius 2 is 2.20 bits per heavy atom. The summed E-state index contributed by atoms with van der Waals surface area (Å²) in [6.07, 6.45) is 3.46. The first-order chi connectivity index (χ1) is 11.7. The van der Waals surface area contributed by atoms with Crippen LogP contribution in [0.1, 0.15) is 31.7 Å². The molecule has 1 aliphatic rings. The molecule has 142 valence electrons. The van der Waals surface area contributed by atoms with Crippen molar-refractivity contribution in [2.24, 2.45) is 10.9 Å². The molecule has 1 N–H and O–H groups in total. The second kappa shape index (κ2) is 12.4. The van der Waals surface area contributed by atoms with Crippen molar-refractivity contribution in [3.05, 3.63) is 29.8 Å². The van der Waals surface area contributed by atoms with E-state index in [0.29, 0.717) is 6.61 Å². The number of likely N-dealkylation sites (tertiary alicyclic amines) is 1. The lowest BCUT2D eigenvalue weighted by atomic mass is 10.0. The fourth-order valence-corrected chi connectivity index (χ4v) is 3.03. The molecular weight excluding hydrogens is 429 g/mol. The van der Waals surface area contributed by atoms with Crippen LogP contribution < -0.4 is 10.1 Å². The molecule has 0 radical (unpaired) electrons. The van der Waals surface area contributed by atoms with Gasteiger partial charge in [0.2, 0.25) is 0 Å². The number of aliphatic imine (C=N–C) groups is 1. The van der Waals surface area contributed by atoms with Gasteiger partial charge in [-0.2, -0.15) is 0 Å². The van der Waals surface area contributed by atoms with Gasteiger partial charge in [0, 0.05) is 46.8 Å². The highest BCUT2D eigenvalue weighted by Gasteiger charge is 2.18. The minimum atomic E-state index is 0. The maximum absolute atomic E-state index is 5.76. The third kappa shape index (κ3) is 7.81. The predicted molar refractivity (Wildman–Crippen MR) is 114 cm³/mol. The minimum Gasteiger partial charge on any atom is -0.493 e. The number of hydrogen-bond donors (Lipinski definition) is 1. The van der Waals surface area contributed by atoms with E-state index in [-0.39, 0.29) is 24.0 Å². The Labute approximate surface area is 169 Å². The van der Waals surface area contributed by atoms with Crippen molar-refractivity contribution in [1.29, 1.82) is 0 Å². The van der Waals surface area contributed by atoms with Crippen molar-refractivity contribution in [1.82, 2.24) is 10.2 Å². The third-order valence-corrected chi connectivity index (χ3v) is 4.28. The first-order valence-electron chi connectivity index (χ1n) is 8.89. The summed E-state index contributed by atoms with van der Waals surface area (Å²) in [6.45, 7) is 6.65. The van der Waals surface area contributed by atoms with Crippen LogP contribution in [0.5, 0.6) is 5.75 Å². The molecule has 1 aromatic carbocycles. The topological polar surface area (TPSA) is 46.1 Å². The molecular formula is C19H32IN3O2. The lowest BCUT2D eigenvalue weighted by molar-refractivity contribution is 0.172. The summed E-state index contributed by atoms with van der Waals surface area (Å²) in [7, 11) is 3.57. The predicted octanol–water partition coefficient (Wildman–Crippen LogP) is 3.53. The third-order valence-electron chi connectivity index (χ3n) is 4.28. The SMILES string of the molecule is CN=C(NCc1cccc(OCCCOC)c1)N1CCCC(C)C1.I. The number of guanidine groups is 1. The highest BCUT2D eigenvalue weighted by Crippen LogP contribution is 2.16. The summed E-state index contributed by atoms with van der Waals surface area (Å²) in [5.74, 6) is 2.64. The van der Waals surface area contributed by atoms with E-state index in [9.17, 15) is 0 Å². The number of hydrogen-bond acceptors (Lipinski definition) is 3. The lowest BCUT2D eigenvalue weighted by Crippen LogP contribution is -2.45. The Balaban J connectivity index is 0.00000312. The molecule has 0 aromatic heterocycles. The van der Waals surface area contributed by atoms with Gasteiger partial charge in [-0.3, -0.25) is 4.99 Å². The monoisotopic (exact) mass is 461 g/mol. The summed E-state index contributed by atoms with van der Waals surface area (Å²) in [4.78, 5) is 6.80. The van der Waals surface area contributed by atoms with E-state index >= 15 is 0 Å². The van der Waals surface area contributed by atoms with Gasteiger partial charge in [-0.05, 0) is 36.5 Å². The van der Waals surface area contributed by atoms with E-state index in [4.69, 9.17) is 9.47 Å². The molecule has 0 aliphatic carbocycles. The minimum absolute atomic E-state index is 0. The standard InChI is InChI=1S/C19H31N3O2.HI/c1-16-7-5-10-22(15-16)19(20-2)21-14-17-8-4-9-18(13-17)24-12-6-11-23-3;/h4,8-9,13,16H,5-7,10-12,14-15H2,1-3H3,(H,20,21);1H. The number of methoxy groups -OCH3 is 1. The number of nitrogens with zero attached hydrogens (tertiary/aromatic N) is 2. The van der Waals surface area contributed by atoms with Crippen LogP contribution in [-0.4, -0.2) is 51.3 Å². The molecule has 1 aromatic rings. The van der Waals surface area contributed by atoms with Crippen LogP contribution in [0.25, 0.3) is 0 Å². The van der Waals surface area contributed by atoms with E-state index in [2.05, 4.69) is 34.3 Å². The molecule has 5 nitrogen and oxygen atoms in total. The van der Waals surface area contributed by atoms with E-state index < -0.39 is 0 Å². The van der Waals surface area contributed by atoms with Gasteiger partial charge in [0.05, 0.1) is 6.61 Å². The van der Waals surface area contributed by atoms with Crippen LogP contribution in [0, 0.1) is 5.92 Å². The van der Waals surface area contributed by atoms with Gasteiger partial charge >= 0.3 is 0 Å². The number of piperidine rings is 1. The van der Waals surface area contributed by atoms with Crippen molar-refractivity contribution >= 4 is 29.9 Å². The summed E-state index contributed by atoms with van der Waals surface area (Å²) < 4.78 is 10.8. The van der Waals surface area contributed by atoms with Crippen molar-refractivity contribution in [2.75, 3.05) is 40.5 Å². The van der Waals surface area contributed by atoms with Crippen LogP contribution in [0.4, 0.5) is 0 Å². The molecule has 1 unspecified atom stereocenters. The number of rotatable bonds is 7. The van der Waals surface area contributed by atoms with Gasteiger partial charge in [-0.15, -0.1) is 24.0 Å².